The Balaban J connectivity index is 1.68. The lowest BCUT2D eigenvalue weighted by atomic mass is 9.57. The maximum absolute atomic E-state index is 11.0. The van der Waals surface area contributed by atoms with Gasteiger partial charge < -0.3 is 14.6 Å². The van der Waals surface area contributed by atoms with Gasteiger partial charge in [0.2, 0.25) is 5.79 Å². The van der Waals surface area contributed by atoms with Gasteiger partial charge >= 0.3 is 5.97 Å². The van der Waals surface area contributed by atoms with E-state index in [4.69, 9.17) is 24.4 Å². The van der Waals surface area contributed by atoms with E-state index in [0.717, 1.165) is 19.3 Å². The molecule has 8 atom stereocenters. The van der Waals surface area contributed by atoms with Gasteiger partial charge in [0.05, 0.1) is 6.10 Å². The van der Waals surface area contributed by atoms with Gasteiger partial charge in [-0.05, 0) is 50.4 Å². The minimum Gasteiger partial charge on any atom is -0.481 e. The Morgan fingerprint density at radius 1 is 1.17 bits per heavy atom. The number of rotatable bonds is 3. The maximum atomic E-state index is 11.0. The number of hydrogen-bond donors (Lipinski definition) is 1. The molecule has 5 fully saturated rings. The standard InChI is InChI=1S/C18H28O6/c1-10-4-5-13-11(2)14(6-7-15(19)20)21-16-18(13)12(10)8-9-17(3,22-16)23-24-18/h10-14,16H,4-9H2,1-3H3,(H,19,20)/t10-,11-,12+,13+,14-,16-,17-,18-/m1/s1. The fraction of sp³-hybridized carbons (Fsp3) is 0.944. The van der Waals surface area contributed by atoms with Crippen LogP contribution in [-0.4, -0.2) is 34.9 Å². The zero-order valence-electron chi connectivity index (χ0n) is 14.7. The third kappa shape index (κ3) is 2.34. The van der Waals surface area contributed by atoms with Gasteiger partial charge in [-0.15, -0.1) is 0 Å². The van der Waals surface area contributed by atoms with Crippen molar-refractivity contribution in [2.24, 2.45) is 23.7 Å². The predicted molar refractivity (Wildman–Crippen MR) is 83.7 cm³/mol. The molecule has 1 spiro atoms. The number of hydrogen-bond acceptors (Lipinski definition) is 5. The first kappa shape index (κ1) is 16.8. The molecule has 5 aliphatic rings. The van der Waals surface area contributed by atoms with Crippen molar-refractivity contribution < 1.29 is 29.1 Å². The number of aliphatic carboxylic acids is 1. The number of carboxylic acids is 1. The van der Waals surface area contributed by atoms with Crippen LogP contribution >= 0.6 is 0 Å². The summed E-state index contributed by atoms with van der Waals surface area (Å²) in [5.74, 6) is -0.147. The van der Waals surface area contributed by atoms with Crippen LogP contribution in [0.15, 0.2) is 0 Å². The van der Waals surface area contributed by atoms with Gasteiger partial charge in [0.25, 0.3) is 0 Å². The summed E-state index contributed by atoms with van der Waals surface area (Å²) in [6.07, 6.45) is 4.08. The highest BCUT2D eigenvalue weighted by Gasteiger charge is 2.69. The van der Waals surface area contributed by atoms with Crippen LogP contribution in [0.5, 0.6) is 0 Å². The topological polar surface area (TPSA) is 74.2 Å². The Bertz CT molecular complexity index is 524. The Morgan fingerprint density at radius 2 is 1.96 bits per heavy atom. The van der Waals surface area contributed by atoms with Crippen molar-refractivity contribution in [3.63, 3.8) is 0 Å². The van der Waals surface area contributed by atoms with E-state index in [1.54, 1.807) is 0 Å². The average molecular weight is 340 g/mol. The van der Waals surface area contributed by atoms with Crippen LogP contribution in [0.2, 0.25) is 0 Å². The molecule has 1 aliphatic carbocycles. The largest absolute Gasteiger partial charge is 0.481 e. The molecule has 136 valence electrons. The van der Waals surface area contributed by atoms with Crippen molar-refractivity contribution in [2.75, 3.05) is 0 Å². The van der Waals surface area contributed by atoms with Crippen LogP contribution < -0.4 is 0 Å². The van der Waals surface area contributed by atoms with Gasteiger partial charge in [-0.25, -0.2) is 9.78 Å². The Hall–Kier alpha value is -0.690. The van der Waals surface area contributed by atoms with Crippen molar-refractivity contribution in [3.8, 4) is 0 Å². The molecular formula is C18H28O6. The molecule has 2 bridgehead atoms. The van der Waals surface area contributed by atoms with Crippen molar-refractivity contribution in [2.45, 2.75) is 83.1 Å². The molecule has 0 aromatic heterocycles. The Kier molecular flexibility index (Phi) is 3.95. The highest BCUT2D eigenvalue weighted by atomic mass is 17.3. The molecule has 0 unspecified atom stereocenters. The molecule has 6 heteroatoms. The summed E-state index contributed by atoms with van der Waals surface area (Å²) in [6.45, 7) is 6.36. The molecule has 5 rings (SSSR count). The van der Waals surface area contributed by atoms with Crippen molar-refractivity contribution in [1.82, 2.24) is 0 Å². The first-order valence-electron chi connectivity index (χ1n) is 9.27. The number of carbonyl (C=O) groups is 1. The van der Waals surface area contributed by atoms with Crippen LogP contribution in [0.25, 0.3) is 0 Å². The Labute approximate surface area is 142 Å². The van der Waals surface area contributed by atoms with Crippen LogP contribution in [0, 0.1) is 23.7 Å². The molecule has 4 aliphatic heterocycles. The van der Waals surface area contributed by atoms with E-state index in [1.165, 1.54) is 6.42 Å². The van der Waals surface area contributed by atoms with Crippen LogP contribution in [0.3, 0.4) is 0 Å². The van der Waals surface area contributed by atoms with E-state index in [2.05, 4.69) is 13.8 Å². The van der Waals surface area contributed by atoms with Crippen molar-refractivity contribution in [3.05, 3.63) is 0 Å². The summed E-state index contributed by atoms with van der Waals surface area (Å²) in [5, 5.41) is 9.03. The highest BCUT2D eigenvalue weighted by molar-refractivity contribution is 5.66. The molecular weight excluding hydrogens is 312 g/mol. The molecule has 6 nitrogen and oxygen atoms in total. The lowest BCUT2D eigenvalue weighted by molar-refractivity contribution is -0.571. The third-order valence-electron chi connectivity index (χ3n) is 6.94. The molecule has 0 aromatic carbocycles. The minimum atomic E-state index is -0.781. The van der Waals surface area contributed by atoms with Crippen LogP contribution in [0.4, 0.5) is 0 Å². The summed E-state index contributed by atoms with van der Waals surface area (Å²) in [4.78, 5) is 22.8. The van der Waals surface area contributed by atoms with Crippen LogP contribution in [-0.2, 0) is 24.0 Å². The van der Waals surface area contributed by atoms with Gasteiger partial charge in [-0.3, -0.25) is 4.79 Å². The van der Waals surface area contributed by atoms with Gasteiger partial charge in [-0.2, -0.15) is 0 Å². The minimum absolute atomic E-state index is 0.109. The van der Waals surface area contributed by atoms with E-state index >= 15 is 0 Å². The fourth-order valence-electron chi connectivity index (χ4n) is 5.57. The second-order valence-electron chi connectivity index (χ2n) is 8.38. The number of fused-ring (bicyclic) bond motifs is 2. The number of carboxylic acid groups (broad SMARTS) is 1. The van der Waals surface area contributed by atoms with Crippen molar-refractivity contribution >= 4 is 5.97 Å². The van der Waals surface area contributed by atoms with E-state index in [9.17, 15) is 4.79 Å². The summed E-state index contributed by atoms with van der Waals surface area (Å²) in [6, 6.07) is 0. The van der Waals surface area contributed by atoms with E-state index < -0.39 is 23.6 Å². The third-order valence-corrected chi connectivity index (χ3v) is 6.94. The normalized spacial score (nSPS) is 53.3. The van der Waals surface area contributed by atoms with Crippen molar-refractivity contribution in [1.29, 1.82) is 0 Å². The molecule has 0 radical (unpaired) electrons. The molecule has 1 saturated carbocycles. The lowest BCUT2D eigenvalue weighted by Crippen LogP contribution is -2.70. The smallest absolute Gasteiger partial charge is 0.303 e. The maximum Gasteiger partial charge on any atom is 0.303 e. The van der Waals surface area contributed by atoms with E-state index in [-0.39, 0.29) is 24.4 Å². The molecule has 4 saturated heterocycles. The summed E-state index contributed by atoms with van der Waals surface area (Å²) in [5.41, 5.74) is -0.549. The average Bonchev–Trinajstić information content (AvgIpc) is 2.76. The molecule has 0 amide bonds. The summed E-state index contributed by atoms with van der Waals surface area (Å²) in [7, 11) is 0. The van der Waals surface area contributed by atoms with Gasteiger partial charge in [0, 0.05) is 18.8 Å². The first-order valence-corrected chi connectivity index (χ1v) is 9.27. The van der Waals surface area contributed by atoms with Gasteiger partial charge in [0.15, 0.2) is 11.9 Å². The summed E-state index contributed by atoms with van der Waals surface area (Å²) < 4.78 is 12.6. The molecule has 24 heavy (non-hydrogen) atoms. The monoisotopic (exact) mass is 340 g/mol. The number of ether oxygens (including phenoxy) is 2. The SMILES string of the molecule is C[C@H]1[C@@H](CCC(=O)O)O[C@@H]2O[C@@]3(C)CC[C@H]4[C@H](C)CC[C@@H]1[C@@]24OO3. The molecule has 4 heterocycles. The fourth-order valence-corrected chi connectivity index (χ4v) is 5.57. The second-order valence-corrected chi connectivity index (χ2v) is 8.38. The second kappa shape index (κ2) is 5.66. The van der Waals surface area contributed by atoms with E-state index in [0.29, 0.717) is 18.3 Å². The predicted octanol–water partition coefficient (Wildman–Crippen LogP) is 3.10. The van der Waals surface area contributed by atoms with Gasteiger partial charge in [0.1, 0.15) is 0 Å². The zero-order chi connectivity index (χ0) is 17.1. The van der Waals surface area contributed by atoms with Gasteiger partial charge in [-0.1, -0.05) is 13.8 Å². The lowest BCUT2D eigenvalue weighted by Gasteiger charge is -2.60. The first-order chi connectivity index (χ1) is 11.4. The highest BCUT2D eigenvalue weighted by Crippen LogP contribution is 2.60. The zero-order valence-corrected chi connectivity index (χ0v) is 14.7. The quantitative estimate of drug-likeness (QED) is 0.796. The molecule has 1 N–H and O–H groups in total. The Morgan fingerprint density at radius 3 is 2.71 bits per heavy atom. The summed E-state index contributed by atoms with van der Waals surface area (Å²) >= 11 is 0. The van der Waals surface area contributed by atoms with Crippen LogP contribution in [0.1, 0.15) is 59.3 Å². The molecule has 0 aromatic rings. The van der Waals surface area contributed by atoms with E-state index in [1.807, 2.05) is 6.92 Å².